The minimum Gasteiger partial charge on any atom is -0.213 e. The Balaban J connectivity index is 2.80. The summed E-state index contributed by atoms with van der Waals surface area (Å²) in [5.74, 6) is 0. The molecule has 0 bridgehead atoms. The lowest BCUT2D eigenvalue weighted by atomic mass is 10.2. The van der Waals surface area contributed by atoms with Crippen molar-refractivity contribution in [2.24, 2.45) is 0 Å². The molecule has 0 amide bonds. The fraction of sp³-hybridized carbons (Fsp3) is 0.333. The zero-order valence-corrected chi connectivity index (χ0v) is 9.64. The lowest BCUT2D eigenvalue weighted by Gasteiger charge is -2.13. The highest BCUT2D eigenvalue weighted by molar-refractivity contribution is 7.88. The lowest BCUT2D eigenvalue weighted by molar-refractivity contribution is 0.472. The second-order valence-electron chi connectivity index (χ2n) is 3.15. The molecule has 14 heavy (non-hydrogen) atoms. The molecule has 1 rings (SSSR count). The molecule has 5 heteroatoms. The van der Waals surface area contributed by atoms with E-state index in [1.807, 2.05) is 6.07 Å². The van der Waals surface area contributed by atoms with Crippen LogP contribution in [0.2, 0.25) is 5.02 Å². The van der Waals surface area contributed by atoms with E-state index in [1.165, 1.54) is 17.6 Å². The first-order valence-corrected chi connectivity index (χ1v) is 6.28. The number of halogens is 1. The van der Waals surface area contributed by atoms with E-state index in [9.17, 15) is 8.42 Å². The summed E-state index contributed by atoms with van der Waals surface area (Å²) in [5.41, 5.74) is 0.880. The zero-order valence-electron chi connectivity index (χ0n) is 8.07. The topological polar surface area (TPSA) is 37.4 Å². The van der Waals surface area contributed by atoms with Crippen molar-refractivity contribution >= 4 is 21.6 Å². The van der Waals surface area contributed by atoms with E-state index in [-0.39, 0.29) is 0 Å². The van der Waals surface area contributed by atoms with Crippen LogP contribution in [-0.2, 0) is 16.6 Å². The maximum atomic E-state index is 11.1. The molecule has 0 spiro atoms. The van der Waals surface area contributed by atoms with Crippen molar-refractivity contribution in [1.29, 1.82) is 0 Å². The molecule has 0 fully saturated rings. The first-order valence-electron chi connectivity index (χ1n) is 4.05. The first kappa shape index (κ1) is 11.5. The average molecular weight is 234 g/mol. The molecule has 0 aliphatic carbocycles. The Hall–Kier alpha value is -0.580. The van der Waals surface area contributed by atoms with Crippen LogP contribution in [0.5, 0.6) is 0 Å². The van der Waals surface area contributed by atoms with Crippen LogP contribution in [0.3, 0.4) is 0 Å². The van der Waals surface area contributed by atoms with Crippen LogP contribution < -0.4 is 0 Å². The van der Waals surface area contributed by atoms with Crippen molar-refractivity contribution in [3.05, 3.63) is 34.9 Å². The van der Waals surface area contributed by atoms with Crippen molar-refractivity contribution < 1.29 is 8.42 Å². The third kappa shape index (κ3) is 3.29. The maximum absolute atomic E-state index is 11.1. The van der Waals surface area contributed by atoms with E-state index in [1.54, 1.807) is 18.2 Å². The Morgan fingerprint density at radius 2 is 2.07 bits per heavy atom. The molecule has 0 atom stereocenters. The van der Waals surface area contributed by atoms with Gasteiger partial charge >= 0.3 is 0 Å². The summed E-state index contributed by atoms with van der Waals surface area (Å²) in [6.45, 7) is 0.347. The van der Waals surface area contributed by atoms with Gasteiger partial charge in [0.2, 0.25) is 10.0 Å². The van der Waals surface area contributed by atoms with Gasteiger partial charge in [-0.2, -0.15) is 0 Å². The van der Waals surface area contributed by atoms with E-state index < -0.39 is 10.0 Å². The SMILES string of the molecule is CN(Cc1cccc(Cl)c1)S(C)(=O)=O. The molecule has 0 unspecified atom stereocenters. The number of rotatable bonds is 3. The molecule has 0 radical (unpaired) electrons. The second-order valence-corrected chi connectivity index (χ2v) is 5.67. The molecule has 0 aliphatic rings. The van der Waals surface area contributed by atoms with Gasteiger partial charge in [-0.3, -0.25) is 0 Å². The van der Waals surface area contributed by atoms with Gasteiger partial charge in [0.15, 0.2) is 0 Å². The Bertz CT molecular complexity index is 417. The van der Waals surface area contributed by atoms with Gasteiger partial charge in [-0.15, -0.1) is 0 Å². The molecule has 0 heterocycles. The van der Waals surface area contributed by atoms with Crippen LogP contribution >= 0.6 is 11.6 Å². The van der Waals surface area contributed by atoms with Crippen molar-refractivity contribution in [2.45, 2.75) is 6.54 Å². The highest BCUT2D eigenvalue weighted by Crippen LogP contribution is 2.12. The number of nitrogens with zero attached hydrogens (tertiary/aromatic N) is 1. The standard InChI is InChI=1S/C9H12ClNO2S/c1-11(14(2,12)13)7-8-4-3-5-9(10)6-8/h3-6H,7H2,1-2H3. The predicted octanol–water partition coefficient (Wildman–Crippen LogP) is 1.73. The smallest absolute Gasteiger partial charge is 0.211 e. The van der Waals surface area contributed by atoms with Gasteiger partial charge in [0.25, 0.3) is 0 Å². The van der Waals surface area contributed by atoms with E-state index in [4.69, 9.17) is 11.6 Å². The number of hydrogen-bond donors (Lipinski definition) is 0. The Morgan fingerprint density at radius 3 is 2.57 bits per heavy atom. The van der Waals surface area contributed by atoms with Crippen molar-refractivity contribution in [1.82, 2.24) is 4.31 Å². The summed E-state index contributed by atoms with van der Waals surface area (Å²) in [6, 6.07) is 7.15. The molecule has 0 saturated carbocycles. The highest BCUT2D eigenvalue weighted by atomic mass is 35.5. The minimum atomic E-state index is -3.12. The summed E-state index contributed by atoms with van der Waals surface area (Å²) in [6.07, 6.45) is 1.18. The first-order chi connectivity index (χ1) is 6.39. The third-order valence-corrected chi connectivity index (χ3v) is 3.36. The van der Waals surface area contributed by atoms with Gasteiger partial charge in [0.05, 0.1) is 6.26 Å². The van der Waals surface area contributed by atoms with Crippen LogP contribution in [0.15, 0.2) is 24.3 Å². The maximum Gasteiger partial charge on any atom is 0.211 e. The summed E-state index contributed by atoms with van der Waals surface area (Å²) in [4.78, 5) is 0. The molecular weight excluding hydrogens is 222 g/mol. The molecule has 0 saturated heterocycles. The summed E-state index contributed by atoms with van der Waals surface area (Å²) < 4.78 is 23.5. The Kier molecular flexibility index (Phi) is 3.53. The summed E-state index contributed by atoms with van der Waals surface area (Å²) >= 11 is 5.77. The monoisotopic (exact) mass is 233 g/mol. The van der Waals surface area contributed by atoms with Gasteiger partial charge in [0.1, 0.15) is 0 Å². The van der Waals surface area contributed by atoms with E-state index in [2.05, 4.69) is 0 Å². The number of benzene rings is 1. The van der Waals surface area contributed by atoms with Crippen LogP contribution in [0.25, 0.3) is 0 Å². The Morgan fingerprint density at radius 1 is 1.43 bits per heavy atom. The molecule has 3 nitrogen and oxygen atoms in total. The van der Waals surface area contributed by atoms with Crippen molar-refractivity contribution in [2.75, 3.05) is 13.3 Å². The fourth-order valence-corrected chi connectivity index (χ4v) is 1.61. The highest BCUT2D eigenvalue weighted by Gasteiger charge is 2.10. The quantitative estimate of drug-likeness (QED) is 0.798. The molecule has 0 aromatic heterocycles. The largest absolute Gasteiger partial charge is 0.213 e. The zero-order chi connectivity index (χ0) is 10.8. The number of sulfonamides is 1. The van der Waals surface area contributed by atoms with E-state index >= 15 is 0 Å². The van der Waals surface area contributed by atoms with Crippen LogP contribution in [0.1, 0.15) is 5.56 Å². The summed E-state index contributed by atoms with van der Waals surface area (Å²) in [7, 11) is -1.59. The van der Waals surface area contributed by atoms with Crippen LogP contribution in [0.4, 0.5) is 0 Å². The minimum absolute atomic E-state index is 0.347. The van der Waals surface area contributed by atoms with Gasteiger partial charge < -0.3 is 0 Å². The molecule has 0 N–H and O–H groups in total. The lowest BCUT2D eigenvalue weighted by Crippen LogP contribution is -2.24. The van der Waals surface area contributed by atoms with Crippen LogP contribution in [-0.4, -0.2) is 26.0 Å². The van der Waals surface area contributed by atoms with Crippen molar-refractivity contribution in [3.63, 3.8) is 0 Å². The van der Waals surface area contributed by atoms with Gasteiger partial charge in [-0.25, -0.2) is 12.7 Å². The fourth-order valence-electron chi connectivity index (χ4n) is 1.01. The molecule has 1 aromatic carbocycles. The van der Waals surface area contributed by atoms with Gasteiger partial charge in [-0.05, 0) is 17.7 Å². The van der Waals surface area contributed by atoms with Crippen molar-refractivity contribution in [3.8, 4) is 0 Å². The van der Waals surface area contributed by atoms with E-state index in [0.717, 1.165) is 5.56 Å². The third-order valence-electron chi connectivity index (χ3n) is 1.86. The Labute approximate surface area is 89.4 Å². The van der Waals surface area contributed by atoms with Gasteiger partial charge in [-0.1, -0.05) is 23.7 Å². The van der Waals surface area contributed by atoms with E-state index in [0.29, 0.717) is 11.6 Å². The predicted molar refractivity (Wildman–Crippen MR) is 57.8 cm³/mol. The number of hydrogen-bond acceptors (Lipinski definition) is 2. The second kappa shape index (κ2) is 4.29. The molecule has 78 valence electrons. The summed E-state index contributed by atoms with van der Waals surface area (Å²) in [5, 5.41) is 0.615. The normalized spacial score (nSPS) is 12.0. The van der Waals surface area contributed by atoms with Crippen LogP contribution in [0, 0.1) is 0 Å². The van der Waals surface area contributed by atoms with Gasteiger partial charge in [0, 0.05) is 18.6 Å². The average Bonchev–Trinajstić information content (AvgIpc) is 2.02. The molecule has 1 aromatic rings. The molecule has 0 aliphatic heterocycles. The molecular formula is C9H12ClNO2S.